The molecule has 1 aliphatic rings. The summed E-state index contributed by atoms with van der Waals surface area (Å²) in [6.07, 6.45) is 7.31. The Labute approximate surface area is 319 Å². The van der Waals surface area contributed by atoms with Crippen molar-refractivity contribution in [1.29, 1.82) is 0 Å². The predicted molar refractivity (Wildman–Crippen MR) is 194 cm³/mol. The van der Waals surface area contributed by atoms with Crippen LogP contribution in [0.5, 0.6) is 0 Å². The maximum Gasteiger partial charge on any atom is -1.00 e. The van der Waals surface area contributed by atoms with Crippen LogP contribution in [0.3, 0.4) is 0 Å². The topological polar surface area (TPSA) is 0 Å². The van der Waals surface area contributed by atoms with E-state index in [1.54, 1.807) is 15.6 Å². The van der Waals surface area contributed by atoms with Crippen molar-refractivity contribution >= 4 is 23.6 Å². The number of halogens is 3. The second-order valence-corrected chi connectivity index (χ2v) is 21.4. The average Bonchev–Trinajstić information content (AvgIpc) is 3.31. The van der Waals surface area contributed by atoms with Crippen molar-refractivity contribution in [3.8, 4) is 0 Å². The fraction of sp³-hybridized carbons (Fsp3) is 0.476. The maximum absolute atomic E-state index is 2.80. The molecule has 0 heterocycles. The summed E-state index contributed by atoms with van der Waals surface area (Å²) >= 11 is 2.57. The zero-order valence-electron chi connectivity index (χ0n) is 31.0. The summed E-state index contributed by atoms with van der Waals surface area (Å²) in [6.45, 7) is 30.7. The molecule has 0 saturated carbocycles. The van der Waals surface area contributed by atoms with Crippen molar-refractivity contribution in [3.63, 3.8) is 0 Å². The van der Waals surface area contributed by atoms with E-state index in [4.69, 9.17) is 0 Å². The Bertz CT molecular complexity index is 1330. The van der Waals surface area contributed by atoms with E-state index in [9.17, 15) is 0 Å². The molecule has 0 bridgehead atoms. The fourth-order valence-corrected chi connectivity index (χ4v) is 14.9. The second kappa shape index (κ2) is 17.2. The van der Waals surface area contributed by atoms with Gasteiger partial charge in [-0.25, -0.2) is 0 Å². The minimum Gasteiger partial charge on any atom is -1.00 e. The number of hydrogen-bond acceptors (Lipinski definition) is 0. The number of hydrogen-bond donors (Lipinski definition) is 0. The molecule has 0 saturated heterocycles. The van der Waals surface area contributed by atoms with Crippen molar-refractivity contribution in [2.24, 2.45) is 0 Å². The van der Waals surface area contributed by atoms with E-state index in [0.29, 0.717) is 35.5 Å². The van der Waals surface area contributed by atoms with Crippen LogP contribution in [0.1, 0.15) is 159 Å². The van der Waals surface area contributed by atoms with Crippen LogP contribution in [0.4, 0.5) is 0 Å². The molecule has 3 aromatic carbocycles. The van der Waals surface area contributed by atoms with Gasteiger partial charge in [-0.15, -0.1) is 0 Å². The fourth-order valence-electron chi connectivity index (χ4n) is 6.88. The third kappa shape index (κ3) is 8.47. The van der Waals surface area contributed by atoms with Crippen molar-refractivity contribution in [1.82, 2.24) is 0 Å². The van der Waals surface area contributed by atoms with Gasteiger partial charge in [0.05, 0.1) is 0 Å². The number of allylic oxidation sites excluding steroid dienone is 4. The molecular weight excluding hydrogens is 687 g/mol. The molecule has 0 amide bonds. The summed E-state index contributed by atoms with van der Waals surface area (Å²) in [5, 5.41) is 4.67. The summed E-state index contributed by atoms with van der Waals surface area (Å²) in [4.78, 5) is 0. The van der Waals surface area contributed by atoms with Crippen molar-refractivity contribution in [2.45, 2.75) is 129 Å². The van der Waals surface area contributed by atoms with Crippen LogP contribution < -0.4 is 52.8 Å². The standard InChI is InChI=1S/C42H57Si.3ClH.Ti/c1-26(2)33-17-34(27(3)4)21-39(20-33)43(42-16-14-15-32(42)13,40-22-35(28(5)6)18-36(23-40)29(7)8)41-24-37(30(9)10)19-38(25-41)31(11)12;;;;/h14-31H,1-13H3;3*1H;/q;;;;+3/p-3. The Hall–Kier alpha value is -1.06. The van der Waals surface area contributed by atoms with E-state index in [-0.39, 0.29) is 40.6 Å². The molecule has 254 valence electrons. The molecule has 0 spiro atoms. The Morgan fingerprint density at radius 3 is 0.851 bits per heavy atom. The van der Waals surface area contributed by atoms with Gasteiger partial charge < -0.3 is 37.2 Å². The molecule has 5 heteroatoms. The first-order chi connectivity index (χ1) is 20.5. The number of benzene rings is 3. The van der Waals surface area contributed by atoms with E-state index in [1.165, 1.54) is 39.0 Å². The van der Waals surface area contributed by atoms with Crippen LogP contribution in [0.15, 0.2) is 78.4 Å². The number of rotatable bonds is 10. The average molecular weight is 744 g/mol. The summed E-state index contributed by atoms with van der Waals surface area (Å²) in [5.74, 6) is 2.77. The second-order valence-electron chi connectivity index (χ2n) is 15.4. The first kappa shape index (κ1) is 44.0. The summed E-state index contributed by atoms with van der Waals surface area (Å²) in [6, 6.07) is 23.2. The smallest absolute Gasteiger partial charge is 1.00 e. The Kier molecular flexibility index (Phi) is 16.1. The summed E-state index contributed by atoms with van der Waals surface area (Å²) in [5.41, 5.74) is 10.2. The van der Waals surface area contributed by atoms with Gasteiger partial charge in [-0.2, -0.15) is 0 Å². The molecule has 0 aliphatic heterocycles. The van der Waals surface area contributed by atoms with Crippen LogP contribution in [-0.2, 0) is 20.4 Å². The summed E-state index contributed by atoms with van der Waals surface area (Å²) in [7, 11) is -2.80. The van der Waals surface area contributed by atoms with Crippen LogP contribution in [0.25, 0.3) is 0 Å². The van der Waals surface area contributed by atoms with Crippen molar-refractivity contribution in [2.75, 3.05) is 0 Å². The van der Waals surface area contributed by atoms with Crippen LogP contribution in [0, 0.1) is 0 Å². The minimum absolute atomic E-state index is 0. The predicted octanol–water partition coefficient (Wildman–Crippen LogP) is 1.67. The van der Waals surface area contributed by atoms with E-state index in [1.807, 2.05) is 0 Å². The van der Waals surface area contributed by atoms with Gasteiger partial charge in [-0.05, 0) is 0 Å². The first-order valence-corrected chi connectivity index (χ1v) is 19.9. The minimum atomic E-state index is -2.80. The van der Waals surface area contributed by atoms with Gasteiger partial charge in [0.1, 0.15) is 0 Å². The Balaban J connectivity index is 0.00000368. The molecule has 1 aliphatic carbocycles. The van der Waals surface area contributed by atoms with Gasteiger partial charge in [-0.1, -0.05) is 0 Å². The monoisotopic (exact) mass is 742 g/mol. The molecule has 0 fully saturated rings. The molecule has 1 atom stereocenters. The van der Waals surface area contributed by atoms with Crippen molar-refractivity contribution in [3.05, 3.63) is 112 Å². The molecule has 4 rings (SSSR count). The molecule has 3 aromatic rings. The third-order valence-electron chi connectivity index (χ3n) is 10.1. The molecule has 47 heavy (non-hydrogen) atoms. The molecule has 0 N–H and O–H groups in total. The largest absolute Gasteiger partial charge is 1.00 e. The molecule has 0 aromatic heterocycles. The Morgan fingerprint density at radius 1 is 0.447 bits per heavy atom. The van der Waals surface area contributed by atoms with E-state index in [2.05, 4.69) is 183 Å². The normalized spacial score (nSPS) is 16.2. The van der Waals surface area contributed by atoms with Gasteiger partial charge in [0, 0.05) is 0 Å². The molecule has 1 unspecified atom stereocenters. The van der Waals surface area contributed by atoms with Gasteiger partial charge in [-0.3, -0.25) is 0 Å². The Morgan fingerprint density at radius 2 is 0.681 bits per heavy atom. The molecule has 0 radical (unpaired) electrons. The zero-order valence-corrected chi connectivity index (χ0v) is 35.9. The van der Waals surface area contributed by atoms with E-state index in [0.717, 1.165) is 0 Å². The summed E-state index contributed by atoms with van der Waals surface area (Å²) < 4.78 is -0.120. The first-order valence-electron chi connectivity index (χ1n) is 17.1. The SMILES string of the molecule is CC1=CC=C[C]1([Ti+3])[Si](c1cc(C(C)C)cc(C(C)C)c1)(c1cc(C(C)C)cc(C(C)C)c1)c1cc(C(C)C)cc(C(C)C)c1.[Cl-].[Cl-].[Cl-]. The third-order valence-corrected chi connectivity index (χ3v) is 18.0. The van der Waals surface area contributed by atoms with Crippen LogP contribution >= 0.6 is 0 Å². The van der Waals surface area contributed by atoms with Gasteiger partial charge in [0.25, 0.3) is 0 Å². The van der Waals surface area contributed by atoms with Crippen molar-refractivity contribution < 1.29 is 57.7 Å². The van der Waals surface area contributed by atoms with Crippen LogP contribution in [0.2, 0.25) is 3.34 Å². The van der Waals surface area contributed by atoms with Gasteiger partial charge >= 0.3 is 285 Å². The molecule has 0 nitrogen and oxygen atoms in total. The maximum atomic E-state index is 2.63. The quantitative estimate of drug-likeness (QED) is 0.219. The van der Waals surface area contributed by atoms with E-state index < -0.39 is 8.07 Å². The van der Waals surface area contributed by atoms with Gasteiger partial charge in [0.2, 0.25) is 0 Å². The van der Waals surface area contributed by atoms with E-state index >= 15 is 0 Å². The molecular formula is C42H57Cl3SiTi. The van der Waals surface area contributed by atoms with Gasteiger partial charge in [0.15, 0.2) is 0 Å². The zero-order chi connectivity index (χ0) is 32.7. The van der Waals surface area contributed by atoms with Crippen LogP contribution in [-0.4, -0.2) is 8.07 Å².